The van der Waals surface area contributed by atoms with E-state index in [1.807, 2.05) is 0 Å². The fourth-order valence-electron chi connectivity index (χ4n) is 7.16. The van der Waals surface area contributed by atoms with Crippen molar-refractivity contribution in [2.24, 2.45) is 23.7 Å². The number of hydrogen-bond donors (Lipinski definition) is 0. The summed E-state index contributed by atoms with van der Waals surface area (Å²) in [6.07, 6.45) is 31.0. The largest absolute Gasteiger partial charge is 0.494 e. The molecule has 0 saturated heterocycles. The Labute approximate surface area is 237 Å². The Morgan fingerprint density at radius 3 is 1.63 bits per heavy atom. The van der Waals surface area contributed by atoms with E-state index in [-0.39, 0.29) is 0 Å². The van der Waals surface area contributed by atoms with E-state index in [1.54, 1.807) is 0 Å². The highest BCUT2D eigenvalue weighted by Crippen LogP contribution is 2.37. The van der Waals surface area contributed by atoms with Crippen LogP contribution >= 0.6 is 0 Å². The molecule has 0 amide bonds. The van der Waals surface area contributed by atoms with Gasteiger partial charge in [-0.3, -0.25) is 0 Å². The molecule has 2 nitrogen and oxygen atoms in total. The third-order valence-electron chi connectivity index (χ3n) is 9.72. The third-order valence-corrected chi connectivity index (χ3v) is 9.72. The molecule has 1 aromatic carbocycles. The van der Waals surface area contributed by atoms with E-state index in [0.717, 1.165) is 48.4 Å². The van der Waals surface area contributed by atoms with Crippen LogP contribution in [0.3, 0.4) is 0 Å². The highest BCUT2D eigenvalue weighted by molar-refractivity contribution is 5.31. The molecular weight excluding hydrogens is 464 g/mol. The molecule has 218 valence electrons. The van der Waals surface area contributed by atoms with Gasteiger partial charge in [0.05, 0.1) is 13.2 Å². The smallest absolute Gasteiger partial charge is 0.119 e. The van der Waals surface area contributed by atoms with Crippen LogP contribution in [0.2, 0.25) is 0 Å². The Morgan fingerprint density at radius 2 is 1.03 bits per heavy atom. The number of rotatable bonds is 20. The SMILES string of the molecule is CCCCCCCC1CCC(COc2ccc(OCCCC3CCCCC3CCCCCCC)cc2)CC1. The van der Waals surface area contributed by atoms with Crippen LogP contribution in [0.1, 0.15) is 155 Å². The van der Waals surface area contributed by atoms with Crippen molar-refractivity contribution in [1.29, 1.82) is 0 Å². The van der Waals surface area contributed by atoms with Crippen LogP contribution in [-0.4, -0.2) is 13.2 Å². The van der Waals surface area contributed by atoms with Crippen LogP contribution in [-0.2, 0) is 0 Å². The minimum Gasteiger partial charge on any atom is -0.494 e. The Bertz CT molecular complexity index is 675. The summed E-state index contributed by atoms with van der Waals surface area (Å²) in [4.78, 5) is 0. The van der Waals surface area contributed by atoms with E-state index < -0.39 is 0 Å². The summed E-state index contributed by atoms with van der Waals surface area (Å²) in [5.41, 5.74) is 0. The van der Waals surface area contributed by atoms with Gasteiger partial charge < -0.3 is 9.47 Å². The molecule has 0 N–H and O–H groups in total. The van der Waals surface area contributed by atoms with Gasteiger partial charge in [0.15, 0.2) is 0 Å². The first kappa shape index (κ1) is 31.3. The molecule has 2 atom stereocenters. The molecule has 38 heavy (non-hydrogen) atoms. The second-order valence-corrected chi connectivity index (χ2v) is 12.9. The second kappa shape index (κ2) is 19.8. The maximum absolute atomic E-state index is 6.18. The zero-order valence-corrected chi connectivity index (χ0v) is 25.4. The lowest BCUT2D eigenvalue weighted by atomic mass is 9.74. The van der Waals surface area contributed by atoms with Crippen LogP contribution in [0.25, 0.3) is 0 Å². The minimum atomic E-state index is 0.738. The zero-order valence-electron chi connectivity index (χ0n) is 25.4. The van der Waals surface area contributed by atoms with Gasteiger partial charge in [-0.25, -0.2) is 0 Å². The minimum absolute atomic E-state index is 0.738. The van der Waals surface area contributed by atoms with Crippen molar-refractivity contribution in [2.45, 2.75) is 155 Å². The van der Waals surface area contributed by atoms with Crippen LogP contribution in [0.5, 0.6) is 11.5 Å². The maximum atomic E-state index is 6.18. The number of unbranched alkanes of at least 4 members (excludes halogenated alkanes) is 8. The van der Waals surface area contributed by atoms with Crippen molar-refractivity contribution in [3.63, 3.8) is 0 Å². The van der Waals surface area contributed by atoms with Gasteiger partial charge in [-0.2, -0.15) is 0 Å². The third kappa shape index (κ3) is 12.8. The first-order valence-corrected chi connectivity index (χ1v) is 17.1. The molecular formula is C36H62O2. The van der Waals surface area contributed by atoms with Gasteiger partial charge in [0.2, 0.25) is 0 Å². The van der Waals surface area contributed by atoms with Gasteiger partial charge >= 0.3 is 0 Å². The summed E-state index contributed by atoms with van der Waals surface area (Å²) in [5, 5.41) is 0. The van der Waals surface area contributed by atoms with Crippen LogP contribution in [0.15, 0.2) is 24.3 Å². The van der Waals surface area contributed by atoms with Gasteiger partial charge in [-0.05, 0) is 73.6 Å². The molecule has 0 heterocycles. The Morgan fingerprint density at radius 1 is 0.526 bits per heavy atom. The average Bonchev–Trinajstić information content (AvgIpc) is 2.96. The van der Waals surface area contributed by atoms with Crippen molar-refractivity contribution < 1.29 is 9.47 Å². The van der Waals surface area contributed by atoms with Crippen LogP contribution in [0, 0.1) is 23.7 Å². The van der Waals surface area contributed by atoms with Gasteiger partial charge in [0.25, 0.3) is 0 Å². The first-order chi connectivity index (χ1) is 18.8. The summed E-state index contributed by atoms with van der Waals surface area (Å²) < 4.78 is 12.3. The second-order valence-electron chi connectivity index (χ2n) is 12.9. The summed E-state index contributed by atoms with van der Waals surface area (Å²) in [5.74, 6) is 5.63. The van der Waals surface area contributed by atoms with Crippen LogP contribution in [0.4, 0.5) is 0 Å². The lowest BCUT2D eigenvalue weighted by Gasteiger charge is -2.32. The number of ether oxygens (including phenoxy) is 2. The summed E-state index contributed by atoms with van der Waals surface area (Å²) in [6, 6.07) is 8.41. The molecule has 3 rings (SSSR count). The predicted octanol–water partition coefficient (Wildman–Crippen LogP) is 11.6. The predicted molar refractivity (Wildman–Crippen MR) is 164 cm³/mol. The molecule has 0 aromatic heterocycles. The van der Waals surface area contributed by atoms with E-state index in [2.05, 4.69) is 38.1 Å². The quantitative estimate of drug-likeness (QED) is 0.157. The Balaban J connectivity index is 1.24. The van der Waals surface area contributed by atoms with Crippen molar-refractivity contribution >= 4 is 0 Å². The monoisotopic (exact) mass is 526 g/mol. The molecule has 2 unspecified atom stereocenters. The molecule has 0 spiro atoms. The molecule has 0 bridgehead atoms. The fraction of sp³-hybridized carbons (Fsp3) is 0.833. The van der Waals surface area contributed by atoms with Crippen molar-refractivity contribution in [1.82, 2.24) is 0 Å². The highest BCUT2D eigenvalue weighted by Gasteiger charge is 2.24. The normalized spacial score (nSPS) is 23.8. The Kier molecular flexibility index (Phi) is 16.3. The molecule has 2 aliphatic carbocycles. The number of benzene rings is 1. The van der Waals surface area contributed by atoms with Gasteiger partial charge in [0, 0.05) is 0 Å². The summed E-state index contributed by atoms with van der Waals surface area (Å²) in [7, 11) is 0. The molecule has 0 radical (unpaired) electrons. The topological polar surface area (TPSA) is 18.5 Å². The average molecular weight is 527 g/mol. The van der Waals surface area contributed by atoms with Crippen molar-refractivity contribution in [3.05, 3.63) is 24.3 Å². The number of hydrogen-bond acceptors (Lipinski definition) is 2. The van der Waals surface area contributed by atoms with Crippen molar-refractivity contribution in [2.75, 3.05) is 13.2 Å². The summed E-state index contributed by atoms with van der Waals surface area (Å²) in [6.45, 7) is 6.34. The molecule has 0 aliphatic heterocycles. The van der Waals surface area contributed by atoms with E-state index in [9.17, 15) is 0 Å². The maximum Gasteiger partial charge on any atom is 0.119 e. The van der Waals surface area contributed by atoms with Crippen LogP contribution < -0.4 is 9.47 Å². The van der Waals surface area contributed by atoms with E-state index in [0.29, 0.717) is 0 Å². The first-order valence-electron chi connectivity index (χ1n) is 17.1. The zero-order chi connectivity index (χ0) is 26.7. The lowest BCUT2D eigenvalue weighted by Crippen LogP contribution is -2.20. The van der Waals surface area contributed by atoms with E-state index in [4.69, 9.17) is 9.47 Å². The van der Waals surface area contributed by atoms with Gasteiger partial charge in [0.1, 0.15) is 11.5 Å². The lowest BCUT2D eigenvalue weighted by molar-refractivity contribution is 0.177. The standard InChI is InChI=1S/C36H62O2/c1-3-5-7-9-11-16-31-21-23-32(24-22-31)30-38-36-27-25-35(26-28-36)37-29-15-20-34-19-14-13-18-33(34)17-12-10-8-6-4-2/h25-28,31-34H,3-24,29-30H2,1-2H3. The summed E-state index contributed by atoms with van der Waals surface area (Å²) >= 11 is 0. The fourth-order valence-corrected chi connectivity index (χ4v) is 7.16. The van der Waals surface area contributed by atoms with Crippen molar-refractivity contribution in [3.8, 4) is 11.5 Å². The molecule has 2 aliphatic rings. The molecule has 1 aromatic rings. The van der Waals surface area contributed by atoms with Gasteiger partial charge in [-0.1, -0.05) is 129 Å². The molecule has 2 fully saturated rings. The van der Waals surface area contributed by atoms with Gasteiger partial charge in [-0.15, -0.1) is 0 Å². The Hall–Kier alpha value is -1.18. The molecule has 2 heteroatoms. The molecule has 2 saturated carbocycles. The van der Waals surface area contributed by atoms with E-state index in [1.165, 1.54) is 141 Å². The highest BCUT2D eigenvalue weighted by atomic mass is 16.5. The van der Waals surface area contributed by atoms with E-state index >= 15 is 0 Å².